The number of aryl methyl sites for hydroxylation is 1. The molecule has 0 spiro atoms. The number of amides is 2. The van der Waals surface area contributed by atoms with E-state index in [2.05, 4.69) is 26.3 Å². The first-order valence-electron chi connectivity index (χ1n) is 9.46. The van der Waals surface area contributed by atoms with Gasteiger partial charge < -0.3 is 10.1 Å². The molecule has 0 unspecified atom stereocenters. The highest BCUT2D eigenvalue weighted by atomic mass is 79.9. The lowest BCUT2D eigenvalue weighted by molar-refractivity contribution is 0.102. The molecule has 2 aromatic carbocycles. The van der Waals surface area contributed by atoms with Crippen LogP contribution in [0.2, 0.25) is 0 Å². The maximum atomic E-state index is 12.6. The van der Waals surface area contributed by atoms with Crippen LogP contribution in [0, 0.1) is 13.8 Å². The SMILES string of the molecule is CCOC(=O)N(C)c1ccc(NC(=O)c2ccc(-n3nc(C)c(Br)c3C)cc2)cc1. The quantitative estimate of drug-likeness (QED) is 0.562. The van der Waals surface area contributed by atoms with E-state index in [1.807, 2.05) is 30.7 Å². The molecule has 1 N–H and O–H groups in total. The number of nitrogens with one attached hydrogen (secondary N) is 1. The normalized spacial score (nSPS) is 10.6. The number of rotatable bonds is 5. The topological polar surface area (TPSA) is 76.5 Å². The van der Waals surface area contributed by atoms with Gasteiger partial charge >= 0.3 is 6.09 Å². The fourth-order valence-electron chi connectivity index (χ4n) is 2.93. The van der Waals surface area contributed by atoms with Crippen molar-refractivity contribution in [2.45, 2.75) is 20.8 Å². The van der Waals surface area contributed by atoms with Gasteiger partial charge in [-0.3, -0.25) is 9.69 Å². The van der Waals surface area contributed by atoms with E-state index in [4.69, 9.17) is 4.74 Å². The zero-order chi connectivity index (χ0) is 21.8. The first-order valence-corrected chi connectivity index (χ1v) is 10.2. The average molecular weight is 471 g/mol. The lowest BCUT2D eigenvalue weighted by Crippen LogP contribution is -2.26. The minimum atomic E-state index is -0.427. The van der Waals surface area contributed by atoms with Gasteiger partial charge in [0, 0.05) is 24.0 Å². The van der Waals surface area contributed by atoms with Crippen LogP contribution in [0.15, 0.2) is 53.0 Å². The van der Waals surface area contributed by atoms with E-state index >= 15 is 0 Å². The van der Waals surface area contributed by atoms with Gasteiger partial charge in [-0.2, -0.15) is 5.10 Å². The fraction of sp³-hybridized carbons (Fsp3) is 0.227. The molecule has 3 rings (SSSR count). The van der Waals surface area contributed by atoms with Crippen molar-refractivity contribution in [3.8, 4) is 5.69 Å². The summed E-state index contributed by atoms with van der Waals surface area (Å²) < 4.78 is 7.78. The molecule has 7 nitrogen and oxygen atoms in total. The minimum absolute atomic E-state index is 0.220. The molecule has 0 aliphatic heterocycles. The first kappa shape index (κ1) is 21.6. The Bertz CT molecular complexity index is 1060. The van der Waals surface area contributed by atoms with Gasteiger partial charge in [0.15, 0.2) is 0 Å². The molecule has 30 heavy (non-hydrogen) atoms. The van der Waals surface area contributed by atoms with Crippen molar-refractivity contribution in [1.82, 2.24) is 9.78 Å². The van der Waals surface area contributed by atoms with Crippen LogP contribution in [0.5, 0.6) is 0 Å². The maximum absolute atomic E-state index is 12.6. The molecule has 1 heterocycles. The van der Waals surface area contributed by atoms with E-state index in [1.165, 1.54) is 4.90 Å². The van der Waals surface area contributed by atoms with Gasteiger partial charge in [0.1, 0.15) is 0 Å². The smallest absolute Gasteiger partial charge is 0.413 e. The summed E-state index contributed by atoms with van der Waals surface area (Å²) in [5.74, 6) is -0.220. The molecule has 3 aromatic rings. The second kappa shape index (κ2) is 9.13. The van der Waals surface area contributed by atoms with E-state index < -0.39 is 6.09 Å². The molecule has 1 aromatic heterocycles. The fourth-order valence-corrected chi connectivity index (χ4v) is 3.17. The Hall–Kier alpha value is -3.13. The van der Waals surface area contributed by atoms with Crippen LogP contribution in [0.3, 0.4) is 0 Å². The molecular formula is C22H23BrN4O3. The van der Waals surface area contributed by atoms with Gasteiger partial charge in [0.05, 0.1) is 28.2 Å². The van der Waals surface area contributed by atoms with Crippen LogP contribution in [-0.2, 0) is 4.74 Å². The summed E-state index contributed by atoms with van der Waals surface area (Å²) in [5, 5.41) is 7.36. The lowest BCUT2D eigenvalue weighted by Gasteiger charge is -2.17. The van der Waals surface area contributed by atoms with E-state index in [0.29, 0.717) is 23.5 Å². The number of aromatic nitrogens is 2. The Kier molecular flexibility index (Phi) is 6.56. The number of hydrogen-bond donors (Lipinski definition) is 1. The van der Waals surface area contributed by atoms with Gasteiger partial charge in [-0.15, -0.1) is 0 Å². The second-order valence-corrected chi connectivity index (χ2v) is 7.50. The van der Waals surface area contributed by atoms with Gasteiger partial charge in [-0.05, 0) is 85.2 Å². The number of halogens is 1. The van der Waals surface area contributed by atoms with Crippen LogP contribution in [0.25, 0.3) is 5.69 Å². The van der Waals surface area contributed by atoms with E-state index in [9.17, 15) is 9.59 Å². The number of carbonyl (C=O) groups is 2. The highest BCUT2D eigenvalue weighted by Gasteiger charge is 2.13. The molecular weight excluding hydrogens is 448 g/mol. The van der Waals surface area contributed by atoms with Crippen LogP contribution >= 0.6 is 15.9 Å². The van der Waals surface area contributed by atoms with Crippen LogP contribution in [0.1, 0.15) is 28.7 Å². The molecule has 0 radical (unpaired) electrons. The van der Waals surface area contributed by atoms with Crippen molar-refractivity contribution in [3.63, 3.8) is 0 Å². The summed E-state index contributed by atoms with van der Waals surface area (Å²) >= 11 is 3.53. The monoisotopic (exact) mass is 470 g/mol. The van der Waals surface area contributed by atoms with Crippen molar-refractivity contribution in [2.24, 2.45) is 0 Å². The van der Waals surface area contributed by atoms with Crippen molar-refractivity contribution >= 4 is 39.3 Å². The van der Waals surface area contributed by atoms with Crippen molar-refractivity contribution in [2.75, 3.05) is 23.9 Å². The predicted molar refractivity (Wildman–Crippen MR) is 121 cm³/mol. The summed E-state index contributed by atoms with van der Waals surface area (Å²) in [4.78, 5) is 25.8. The Morgan fingerprint density at radius 3 is 2.27 bits per heavy atom. The molecule has 156 valence electrons. The second-order valence-electron chi connectivity index (χ2n) is 6.70. The third-order valence-electron chi connectivity index (χ3n) is 4.63. The summed E-state index contributed by atoms with van der Waals surface area (Å²) in [6.45, 7) is 5.99. The number of nitrogens with zero attached hydrogens (tertiary/aromatic N) is 3. The van der Waals surface area contributed by atoms with E-state index in [-0.39, 0.29) is 5.91 Å². The third kappa shape index (κ3) is 4.54. The Morgan fingerprint density at radius 2 is 1.73 bits per heavy atom. The van der Waals surface area contributed by atoms with Crippen molar-refractivity contribution in [3.05, 3.63) is 70.0 Å². The van der Waals surface area contributed by atoms with Gasteiger partial charge in [-0.25, -0.2) is 9.48 Å². The maximum Gasteiger partial charge on any atom is 0.413 e. The van der Waals surface area contributed by atoms with Crippen molar-refractivity contribution < 1.29 is 14.3 Å². The molecule has 8 heteroatoms. The molecule has 0 fully saturated rings. The summed E-state index contributed by atoms with van der Waals surface area (Å²) in [6, 6.07) is 14.2. The molecule has 0 atom stereocenters. The molecule has 0 aliphatic carbocycles. The number of carbonyl (C=O) groups excluding carboxylic acids is 2. The number of ether oxygens (including phenoxy) is 1. The number of hydrogen-bond acceptors (Lipinski definition) is 4. The Morgan fingerprint density at radius 1 is 1.10 bits per heavy atom. The van der Waals surface area contributed by atoms with Crippen molar-refractivity contribution in [1.29, 1.82) is 0 Å². The molecule has 0 saturated carbocycles. The van der Waals surface area contributed by atoms with Crippen LogP contribution in [0.4, 0.5) is 16.2 Å². The predicted octanol–water partition coefficient (Wildman–Crippen LogP) is 5.10. The van der Waals surface area contributed by atoms with E-state index in [1.54, 1.807) is 50.4 Å². The van der Waals surface area contributed by atoms with Gasteiger partial charge in [0.2, 0.25) is 0 Å². The van der Waals surface area contributed by atoms with Gasteiger partial charge in [0.25, 0.3) is 5.91 Å². The molecule has 2 amide bonds. The first-order chi connectivity index (χ1) is 14.3. The summed E-state index contributed by atoms with van der Waals surface area (Å²) in [5.41, 5.74) is 4.62. The van der Waals surface area contributed by atoms with Crippen LogP contribution < -0.4 is 10.2 Å². The Balaban J connectivity index is 1.69. The highest BCUT2D eigenvalue weighted by Crippen LogP contribution is 2.23. The Labute approximate surface area is 183 Å². The molecule has 0 aliphatic rings. The number of benzene rings is 2. The lowest BCUT2D eigenvalue weighted by atomic mass is 10.2. The standard InChI is InChI=1S/C22H23BrN4O3/c1-5-30-22(29)26(4)18-12-8-17(9-13-18)24-21(28)16-6-10-19(11-7-16)27-15(3)20(23)14(2)25-27/h6-13H,5H2,1-4H3,(H,24,28). The third-order valence-corrected chi connectivity index (χ3v) is 5.78. The summed E-state index contributed by atoms with van der Waals surface area (Å²) in [7, 11) is 1.63. The summed E-state index contributed by atoms with van der Waals surface area (Å²) in [6.07, 6.45) is -0.427. The van der Waals surface area contributed by atoms with Gasteiger partial charge in [-0.1, -0.05) is 0 Å². The van der Waals surface area contributed by atoms with Crippen LogP contribution in [-0.4, -0.2) is 35.4 Å². The molecule has 0 saturated heterocycles. The zero-order valence-electron chi connectivity index (χ0n) is 17.3. The highest BCUT2D eigenvalue weighted by molar-refractivity contribution is 9.10. The van der Waals surface area contributed by atoms with E-state index in [0.717, 1.165) is 21.5 Å². The minimum Gasteiger partial charge on any atom is -0.449 e. The largest absolute Gasteiger partial charge is 0.449 e. The average Bonchev–Trinajstić information content (AvgIpc) is 3.01. The number of anilines is 2. The zero-order valence-corrected chi connectivity index (χ0v) is 18.9. The molecule has 0 bridgehead atoms.